The first-order valence-corrected chi connectivity index (χ1v) is 6.85. The van der Waals surface area contributed by atoms with Crippen LogP contribution in [0.15, 0.2) is 30.5 Å². The number of esters is 1. The number of aromatic nitrogens is 1. The van der Waals surface area contributed by atoms with Crippen LogP contribution in [0.25, 0.3) is 10.9 Å². The van der Waals surface area contributed by atoms with Crippen LogP contribution in [0.2, 0.25) is 0 Å². The van der Waals surface area contributed by atoms with Crippen LogP contribution >= 0.6 is 0 Å². The summed E-state index contributed by atoms with van der Waals surface area (Å²) >= 11 is 0. The summed E-state index contributed by atoms with van der Waals surface area (Å²) in [5, 5.41) is 1.20. The number of hydrogen-bond donors (Lipinski definition) is 1. The molecule has 3 heteroatoms. The molecular weight excluding hydrogens is 238 g/mol. The quantitative estimate of drug-likeness (QED) is 0.828. The van der Waals surface area contributed by atoms with E-state index in [2.05, 4.69) is 31.0 Å². The average molecular weight is 259 g/mol. The molecule has 0 radical (unpaired) electrons. The summed E-state index contributed by atoms with van der Waals surface area (Å²) in [6, 6.07) is 8.20. The molecule has 0 saturated carbocycles. The number of fused-ring (bicyclic) bond motifs is 1. The largest absolute Gasteiger partial charge is 0.466 e. The number of carbonyl (C=O) groups is 1. The van der Waals surface area contributed by atoms with E-state index in [4.69, 9.17) is 4.74 Å². The molecule has 19 heavy (non-hydrogen) atoms. The lowest BCUT2D eigenvalue weighted by atomic mass is 9.85. The molecule has 2 aromatic rings. The molecule has 0 fully saturated rings. The van der Waals surface area contributed by atoms with Crippen molar-refractivity contribution in [3.8, 4) is 0 Å². The van der Waals surface area contributed by atoms with Gasteiger partial charge in [-0.2, -0.15) is 0 Å². The molecular formula is C16H21NO2. The zero-order valence-electron chi connectivity index (χ0n) is 11.8. The van der Waals surface area contributed by atoms with Gasteiger partial charge >= 0.3 is 5.97 Å². The van der Waals surface area contributed by atoms with Crippen molar-refractivity contribution in [1.82, 2.24) is 4.98 Å². The Morgan fingerprint density at radius 1 is 1.32 bits per heavy atom. The van der Waals surface area contributed by atoms with Gasteiger partial charge in [-0.05, 0) is 30.4 Å². The number of ether oxygens (including phenoxy) is 1. The Bertz CT molecular complexity index is 557. The summed E-state index contributed by atoms with van der Waals surface area (Å²) in [5.74, 6) is 0.463. The summed E-state index contributed by atoms with van der Waals surface area (Å²) < 4.78 is 5.08. The molecule has 0 aliphatic rings. The minimum atomic E-state index is -0.119. The first kappa shape index (κ1) is 13.7. The third kappa shape index (κ3) is 2.98. The first-order chi connectivity index (χ1) is 9.13. The number of H-pyrrole nitrogens is 1. The minimum Gasteiger partial charge on any atom is -0.466 e. The van der Waals surface area contributed by atoms with E-state index in [9.17, 15) is 4.79 Å². The zero-order chi connectivity index (χ0) is 13.8. The second-order valence-electron chi connectivity index (χ2n) is 5.15. The standard InChI is InChI=1S/C16H21NO2/c1-4-19-16(18)9-13(11(2)3)14-10-17-15-8-6-5-7-12(14)15/h5-8,10-11,13,17H,4,9H2,1-3H3/t13-/m0/s1. The first-order valence-electron chi connectivity index (χ1n) is 6.85. The predicted octanol–water partition coefficient (Wildman–Crippen LogP) is 3.86. The molecule has 2 rings (SSSR count). The fraction of sp³-hybridized carbons (Fsp3) is 0.438. The van der Waals surface area contributed by atoms with Gasteiger partial charge in [0.05, 0.1) is 13.0 Å². The van der Waals surface area contributed by atoms with Crippen LogP contribution in [-0.4, -0.2) is 17.6 Å². The lowest BCUT2D eigenvalue weighted by Crippen LogP contribution is -2.14. The lowest BCUT2D eigenvalue weighted by molar-refractivity contribution is -0.143. The van der Waals surface area contributed by atoms with Crippen molar-refractivity contribution in [2.45, 2.75) is 33.1 Å². The monoisotopic (exact) mass is 259 g/mol. The van der Waals surface area contributed by atoms with Gasteiger partial charge in [0.2, 0.25) is 0 Å². The van der Waals surface area contributed by atoms with E-state index >= 15 is 0 Å². The number of nitrogens with one attached hydrogen (secondary N) is 1. The highest BCUT2D eigenvalue weighted by Crippen LogP contribution is 2.33. The van der Waals surface area contributed by atoms with Gasteiger partial charge in [-0.15, -0.1) is 0 Å². The van der Waals surface area contributed by atoms with Gasteiger partial charge in [-0.3, -0.25) is 4.79 Å². The molecule has 3 nitrogen and oxygen atoms in total. The fourth-order valence-corrected chi connectivity index (χ4v) is 2.50. The van der Waals surface area contributed by atoms with Crippen molar-refractivity contribution in [2.75, 3.05) is 6.61 Å². The number of rotatable bonds is 5. The third-order valence-corrected chi connectivity index (χ3v) is 3.52. The Labute approximate surface area is 114 Å². The zero-order valence-corrected chi connectivity index (χ0v) is 11.8. The van der Waals surface area contributed by atoms with Gasteiger partial charge in [-0.1, -0.05) is 32.0 Å². The van der Waals surface area contributed by atoms with E-state index in [0.717, 1.165) is 5.52 Å². The van der Waals surface area contributed by atoms with E-state index in [1.165, 1.54) is 10.9 Å². The summed E-state index contributed by atoms with van der Waals surface area (Å²) in [6.07, 6.45) is 2.46. The van der Waals surface area contributed by atoms with Crippen molar-refractivity contribution >= 4 is 16.9 Å². The normalized spacial score (nSPS) is 12.8. The molecule has 1 aromatic heterocycles. The van der Waals surface area contributed by atoms with Crippen molar-refractivity contribution in [1.29, 1.82) is 0 Å². The maximum atomic E-state index is 11.8. The Morgan fingerprint density at radius 3 is 2.74 bits per heavy atom. The van der Waals surface area contributed by atoms with Gasteiger partial charge in [0.15, 0.2) is 0 Å². The molecule has 0 amide bonds. The Kier molecular flexibility index (Phi) is 4.25. The molecule has 0 unspecified atom stereocenters. The van der Waals surface area contributed by atoms with E-state index in [1.54, 1.807) is 0 Å². The van der Waals surface area contributed by atoms with Gasteiger partial charge < -0.3 is 9.72 Å². The number of benzene rings is 1. The number of para-hydroxylation sites is 1. The van der Waals surface area contributed by atoms with Crippen molar-refractivity contribution < 1.29 is 9.53 Å². The Morgan fingerprint density at radius 2 is 2.05 bits per heavy atom. The van der Waals surface area contributed by atoms with Crippen LogP contribution in [0.3, 0.4) is 0 Å². The summed E-state index contributed by atoms with van der Waals surface area (Å²) in [7, 11) is 0. The maximum Gasteiger partial charge on any atom is 0.306 e. The molecule has 0 bridgehead atoms. The number of aromatic amines is 1. The summed E-state index contributed by atoms with van der Waals surface area (Å²) in [4.78, 5) is 15.0. The van der Waals surface area contributed by atoms with Crippen molar-refractivity contribution in [3.63, 3.8) is 0 Å². The molecule has 0 spiro atoms. The fourth-order valence-electron chi connectivity index (χ4n) is 2.50. The Balaban J connectivity index is 2.31. The van der Waals surface area contributed by atoms with Crippen LogP contribution in [0.5, 0.6) is 0 Å². The SMILES string of the molecule is CCOC(=O)C[C@H](c1c[nH]c2ccccc12)C(C)C. The predicted molar refractivity (Wildman–Crippen MR) is 77.1 cm³/mol. The maximum absolute atomic E-state index is 11.8. The van der Waals surface area contributed by atoms with Gasteiger partial charge in [0, 0.05) is 17.1 Å². The van der Waals surface area contributed by atoms with Crippen LogP contribution in [0.4, 0.5) is 0 Å². The van der Waals surface area contributed by atoms with Gasteiger partial charge in [-0.25, -0.2) is 0 Å². The summed E-state index contributed by atoms with van der Waals surface area (Å²) in [5.41, 5.74) is 2.32. The van der Waals surface area contributed by atoms with E-state index in [0.29, 0.717) is 18.9 Å². The number of hydrogen-bond acceptors (Lipinski definition) is 2. The van der Waals surface area contributed by atoms with Crippen LogP contribution < -0.4 is 0 Å². The molecule has 0 aliphatic carbocycles. The highest BCUT2D eigenvalue weighted by molar-refractivity contribution is 5.84. The lowest BCUT2D eigenvalue weighted by Gasteiger charge is -2.19. The molecule has 102 valence electrons. The average Bonchev–Trinajstić information content (AvgIpc) is 2.79. The highest BCUT2D eigenvalue weighted by Gasteiger charge is 2.22. The molecule has 1 heterocycles. The number of carbonyl (C=O) groups excluding carboxylic acids is 1. The summed E-state index contributed by atoms with van der Waals surface area (Å²) in [6.45, 7) is 6.57. The van der Waals surface area contributed by atoms with E-state index < -0.39 is 0 Å². The minimum absolute atomic E-state index is 0.119. The van der Waals surface area contributed by atoms with Crippen LogP contribution in [0, 0.1) is 5.92 Å². The van der Waals surface area contributed by atoms with Crippen molar-refractivity contribution in [3.05, 3.63) is 36.0 Å². The molecule has 0 saturated heterocycles. The Hall–Kier alpha value is -1.77. The topological polar surface area (TPSA) is 42.1 Å². The highest BCUT2D eigenvalue weighted by atomic mass is 16.5. The molecule has 1 aromatic carbocycles. The third-order valence-electron chi connectivity index (χ3n) is 3.52. The molecule has 1 N–H and O–H groups in total. The van der Waals surface area contributed by atoms with Gasteiger partial charge in [0.1, 0.15) is 0 Å². The van der Waals surface area contributed by atoms with Crippen LogP contribution in [-0.2, 0) is 9.53 Å². The van der Waals surface area contributed by atoms with Gasteiger partial charge in [0.25, 0.3) is 0 Å². The van der Waals surface area contributed by atoms with E-state index in [1.807, 2.05) is 25.3 Å². The second-order valence-corrected chi connectivity index (χ2v) is 5.15. The van der Waals surface area contributed by atoms with Crippen LogP contribution in [0.1, 0.15) is 38.7 Å². The molecule has 0 aliphatic heterocycles. The second kappa shape index (κ2) is 5.91. The molecule has 1 atom stereocenters. The van der Waals surface area contributed by atoms with Crippen molar-refractivity contribution in [2.24, 2.45) is 5.92 Å². The smallest absolute Gasteiger partial charge is 0.306 e. The van der Waals surface area contributed by atoms with E-state index in [-0.39, 0.29) is 11.9 Å².